The third kappa shape index (κ3) is 2.61. The van der Waals surface area contributed by atoms with Gasteiger partial charge in [0.15, 0.2) is 0 Å². The molecule has 0 spiro atoms. The van der Waals surface area contributed by atoms with E-state index in [9.17, 15) is 4.79 Å². The van der Waals surface area contributed by atoms with Crippen LogP contribution in [0.4, 0.5) is 5.69 Å². The predicted octanol–water partition coefficient (Wildman–Crippen LogP) is 3.14. The van der Waals surface area contributed by atoms with Crippen molar-refractivity contribution in [2.24, 2.45) is 0 Å². The number of amides is 1. The van der Waals surface area contributed by atoms with Gasteiger partial charge < -0.3 is 5.32 Å². The minimum Gasteiger partial charge on any atom is -0.319 e. The Morgan fingerprint density at radius 1 is 1.09 bits per heavy atom. The summed E-state index contributed by atoms with van der Waals surface area (Å²) >= 11 is 0. The number of rotatable bonds is 3. The number of carbonyl (C=O) groups is 1. The van der Waals surface area contributed by atoms with E-state index >= 15 is 0 Å². The highest BCUT2D eigenvalue weighted by Gasteiger charge is 2.16. The quantitative estimate of drug-likeness (QED) is 0.806. The zero-order chi connectivity index (χ0) is 15.5. The summed E-state index contributed by atoms with van der Waals surface area (Å²) in [6.45, 7) is 3.82. The van der Waals surface area contributed by atoms with Gasteiger partial charge in [-0.2, -0.15) is 5.10 Å². The van der Waals surface area contributed by atoms with Crippen molar-refractivity contribution in [3.05, 3.63) is 71.8 Å². The topological polar surface area (TPSA) is 59.8 Å². The Hall–Kier alpha value is -2.95. The highest BCUT2D eigenvalue weighted by molar-refractivity contribution is 6.04. The maximum Gasteiger partial charge on any atom is 0.257 e. The first-order valence-corrected chi connectivity index (χ1v) is 7.00. The molecule has 0 saturated heterocycles. The van der Waals surface area contributed by atoms with Crippen molar-refractivity contribution >= 4 is 11.6 Å². The Labute approximate surface area is 128 Å². The van der Waals surface area contributed by atoms with Gasteiger partial charge in [0, 0.05) is 12.4 Å². The van der Waals surface area contributed by atoms with Crippen molar-refractivity contribution in [2.45, 2.75) is 13.8 Å². The maximum absolute atomic E-state index is 12.3. The summed E-state index contributed by atoms with van der Waals surface area (Å²) in [5, 5.41) is 7.44. The first-order chi connectivity index (χ1) is 10.7. The van der Waals surface area contributed by atoms with Gasteiger partial charge in [-0.1, -0.05) is 18.2 Å². The number of hydrogen-bond donors (Lipinski definition) is 1. The lowest BCUT2D eigenvalue weighted by atomic mass is 10.2. The fraction of sp³-hybridized carbons (Fsp3) is 0.118. The van der Waals surface area contributed by atoms with Crippen molar-refractivity contribution in [1.82, 2.24) is 14.8 Å². The van der Waals surface area contributed by atoms with Gasteiger partial charge in [0.2, 0.25) is 0 Å². The first-order valence-electron chi connectivity index (χ1n) is 7.00. The molecule has 1 aromatic carbocycles. The van der Waals surface area contributed by atoms with Gasteiger partial charge in [0.05, 0.1) is 28.3 Å². The van der Waals surface area contributed by atoms with E-state index in [1.807, 2.05) is 48.9 Å². The molecular formula is C17H16N4O. The van der Waals surface area contributed by atoms with Crippen LogP contribution in [0.3, 0.4) is 0 Å². The van der Waals surface area contributed by atoms with Crippen molar-refractivity contribution in [3.63, 3.8) is 0 Å². The molecule has 22 heavy (non-hydrogen) atoms. The van der Waals surface area contributed by atoms with Gasteiger partial charge in [-0.05, 0) is 38.1 Å². The van der Waals surface area contributed by atoms with Crippen LogP contribution < -0.4 is 5.32 Å². The SMILES string of the molecule is Cc1nn(-c2ccccc2)c(C)c1NC(=O)c1cccnc1. The molecule has 0 aliphatic rings. The Bertz CT molecular complexity index is 794. The van der Waals surface area contributed by atoms with E-state index in [0.29, 0.717) is 5.56 Å². The lowest BCUT2D eigenvalue weighted by Gasteiger charge is -2.07. The monoisotopic (exact) mass is 292 g/mol. The molecule has 3 aromatic rings. The van der Waals surface area contributed by atoms with E-state index in [1.165, 1.54) is 0 Å². The van der Waals surface area contributed by atoms with Crippen molar-refractivity contribution < 1.29 is 4.79 Å². The van der Waals surface area contributed by atoms with Crippen LogP contribution in [-0.4, -0.2) is 20.7 Å². The number of aryl methyl sites for hydroxylation is 1. The van der Waals surface area contributed by atoms with Gasteiger partial charge in [-0.25, -0.2) is 4.68 Å². The van der Waals surface area contributed by atoms with Gasteiger partial charge >= 0.3 is 0 Å². The second-order valence-corrected chi connectivity index (χ2v) is 4.99. The van der Waals surface area contributed by atoms with Crippen LogP contribution in [0.1, 0.15) is 21.7 Å². The average molecular weight is 292 g/mol. The van der Waals surface area contributed by atoms with E-state index in [4.69, 9.17) is 0 Å². The van der Waals surface area contributed by atoms with Crippen LogP contribution >= 0.6 is 0 Å². The van der Waals surface area contributed by atoms with E-state index in [2.05, 4.69) is 15.4 Å². The smallest absolute Gasteiger partial charge is 0.257 e. The van der Waals surface area contributed by atoms with E-state index < -0.39 is 0 Å². The van der Waals surface area contributed by atoms with E-state index in [-0.39, 0.29) is 5.91 Å². The van der Waals surface area contributed by atoms with E-state index in [0.717, 1.165) is 22.8 Å². The normalized spacial score (nSPS) is 10.5. The standard InChI is InChI=1S/C17H16N4O/c1-12-16(19-17(22)14-7-6-10-18-11-14)13(2)21(20-12)15-8-4-3-5-9-15/h3-11H,1-2H3,(H,19,22). The lowest BCUT2D eigenvalue weighted by molar-refractivity contribution is 0.102. The molecule has 5 heteroatoms. The minimum atomic E-state index is -0.188. The van der Waals surface area contributed by atoms with Crippen LogP contribution in [0.2, 0.25) is 0 Å². The number of para-hydroxylation sites is 1. The molecule has 0 radical (unpaired) electrons. The van der Waals surface area contributed by atoms with Crippen LogP contribution in [0.15, 0.2) is 54.9 Å². The van der Waals surface area contributed by atoms with Crippen LogP contribution in [0.5, 0.6) is 0 Å². The zero-order valence-electron chi connectivity index (χ0n) is 12.4. The molecule has 0 atom stereocenters. The molecule has 0 saturated carbocycles. The second-order valence-electron chi connectivity index (χ2n) is 4.99. The molecule has 0 aliphatic carbocycles. The Kier molecular flexibility index (Phi) is 3.70. The number of hydrogen-bond acceptors (Lipinski definition) is 3. The molecule has 1 amide bonds. The summed E-state index contributed by atoms with van der Waals surface area (Å²) in [5.74, 6) is -0.188. The summed E-state index contributed by atoms with van der Waals surface area (Å²) in [5.41, 5.74) is 3.89. The molecule has 1 N–H and O–H groups in total. The lowest BCUT2D eigenvalue weighted by Crippen LogP contribution is -2.13. The Balaban J connectivity index is 1.93. The Morgan fingerprint density at radius 2 is 1.86 bits per heavy atom. The molecule has 110 valence electrons. The third-order valence-corrected chi connectivity index (χ3v) is 3.45. The second kappa shape index (κ2) is 5.81. The minimum absolute atomic E-state index is 0.188. The van der Waals surface area contributed by atoms with Gasteiger partial charge in [0.25, 0.3) is 5.91 Å². The van der Waals surface area contributed by atoms with Crippen LogP contribution in [0.25, 0.3) is 5.69 Å². The summed E-state index contributed by atoms with van der Waals surface area (Å²) in [7, 11) is 0. The number of nitrogens with one attached hydrogen (secondary N) is 1. The number of carbonyl (C=O) groups excluding carboxylic acids is 1. The number of anilines is 1. The predicted molar refractivity (Wildman–Crippen MR) is 85.2 cm³/mol. The summed E-state index contributed by atoms with van der Waals surface area (Å²) < 4.78 is 1.83. The molecule has 0 fully saturated rings. The molecule has 0 aliphatic heterocycles. The van der Waals surface area contributed by atoms with E-state index in [1.54, 1.807) is 24.5 Å². The van der Waals surface area contributed by atoms with Crippen molar-refractivity contribution in [1.29, 1.82) is 0 Å². The first kappa shape index (κ1) is 14.0. The molecule has 3 rings (SSSR count). The fourth-order valence-corrected chi connectivity index (χ4v) is 2.33. The molecule has 2 heterocycles. The molecule has 0 unspecified atom stereocenters. The summed E-state index contributed by atoms with van der Waals surface area (Å²) in [4.78, 5) is 16.2. The largest absolute Gasteiger partial charge is 0.319 e. The van der Waals surface area contributed by atoms with Gasteiger partial charge in [-0.3, -0.25) is 9.78 Å². The number of nitrogens with zero attached hydrogens (tertiary/aromatic N) is 3. The van der Waals surface area contributed by atoms with Crippen LogP contribution in [0, 0.1) is 13.8 Å². The third-order valence-electron chi connectivity index (χ3n) is 3.45. The highest BCUT2D eigenvalue weighted by Crippen LogP contribution is 2.23. The molecule has 5 nitrogen and oxygen atoms in total. The highest BCUT2D eigenvalue weighted by atomic mass is 16.1. The molecule has 0 bridgehead atoms. The average Bonchev–Trinajstić information content (AvgIpc) is 2.84. The fourth-order valence-electron chi connectivity index (χ4n) is 2.33. The molecule has 2 aromatic heterocycles. The maximum atomic E-state index is 12.3. The Morgan fingerprint density at radius 3 is 2.55 bits per heavy atom. The van der Waals surface area contributed by atoms with Crippen LogP contribution in [-0.2, 0) is 0 Å². The van der Waals surface area contributed by atoms with Crippen molar-refractivity contribution in [3.8, 4) is 5.69 Å². The zero-order valence-corrected chi connectivity index (χ0v) is 12.4. The van der Waals surface area contributed by atoms with Gasteiger partial charge in [-0.15, -0.1) is 0 Å². The summed E-state index contributed by atoms with van der Waals surface area (Å²) in [6.07, 6.45) is 3.18. The number of aromatic nitrogens is 3. The summed E-state index contributed by atoms with van der Waals surface area (Å²) in [6, 6.07) is 13.3. The molecular weight excluding hydrogens is 276 g/mol. The number of pyridine rings is 1. The number of benzene rings is 1. The van der Waals surface area contributed by atoms with Crippen molar-refractivity contribution in [2.75, 3.05) is 5.32 Å². The van der Waals surface area contributed by atoms with Gasteiger partial charge in [0.1, 0.15) is 0 Å².